The predicted molar refractivity (Wildman–Crippen MR) is 267 cm³/mol. The Morgan fingerprint density at radius 3 is 2.18 bits per heavy atom. The Kier molecular flexibility index (Phi) is 14.4. The SMILES string of the molecule is C=C/C=C\c1c(C)c2ccc(C=Cc3c(C=C)c4ccccc4n3C3=CC=CCC3)cc2n1C.CC.Cc1ccc(-c2cccc3c2CC=C3)cc1.Cc1ccccc1N. The molecule has 3 nitrogen and oxygen atoms in total. The molecule has 7 aromatic rings. The third-order valence-corrected chi connectivity index (χ3v) is 11.2. The number of nitrogens with two attached hydrogens (primary N) is 1. The summed E-state index contributed by atoms with van der Waals surface area (Å²) in [5, 5.41) is 2.52. The average Bonchev–Trinajstić information content (AvgIpc) is 3.97. The fourth-order valence-corrected chi connectivity index (χ4v) is 7.97. The van der Waals surface area contributed by atoms with Crippen LogP contribution in [0.2, 0.25) is 0 Å². The molecule has 0 aliphatic heterocycles. The first-order valence-electron chi connectivity index (χ1n) is 21.1. The summed E-state index contributed by atoms with van der Waals surface area (Å²) < 4.78 is 4.66. The van der Waals surface area contributed by atoms with Gasteiger partial charge in [0, 0.05) is 46.0 Å². The molecule has 2 aliphatic rings. The number of para-hydroxylation sites is 2. The van der Waals surface area contributed by atoms with E-state index in [1.807, 2.05) is 63.3 Å². The first-order chi connectivity index (χ1) is 29.3. The number of nitrogens with zero attached hydrogens (tertiary/aromatic N) is 2. The van der Waals surface area contributed by atoms with Crippen molar-refractivity contribution < 1.29 is 0 Å². The van der Waals surface area contributed by atoms with Gasteiger partial charge >= 0.3 is 0 Å². The number of aryl methyl sites for hydroxylation is 4. The Hall–Kier alpha value is -6.84. The van der Waals surface area contributed by atoms with E-state index in [2.05, 4.69) is 177 Å². The van der Waals surface area contributed by atoms with Crippen LogP contribution in [-0.4, -0.2) is 9.13 Å². The molecule has 2 heterocycles. The van der Waals surface area contributed by atoms with Gasteiger partial charge in [-0.15, -0.1) is 0 Å². The van der Waals surface area contributed by atoms with Crippen LogP contribution in [0.25, 0.3) is 69.0 Å². The van der Waals surface area contributed by atoms with E-state index in [-0.39, 0.29) is 0 Å². The summed E-state index contributed by atoms with van der Waals surface area (Å²) in [6.45, 7) is 18.3. The van der Waals surface area contributed by atoms with Crippen molar-refractivity contribution in [3.05, 3.63) is 209 Å². The second kappa shape index (κ2) is 20.2. The van der Waals surface area contributed by atoms with Gasteiger partial charge < -0.3 is 14.9 Å². The van der Waals surface area contributed by atoms with Gasteiger partial charge in [0.2, 0.25) is 0 Å². The molecular formula is C57H59N3. The number of nitrogen functional groups attached to an aromatic ring is 1. The smallest absolute Gasteiger partial charge is 0.0537 e. The third-order valence-electron chi connectivity index (χ3n) is 11.2. The minimum absolute atomic E-state index is 0.868. The number of fused-ring (bicyclic) bond motifs is 3. The molecule has 302 valence electrons. The lowest BCUT2D eigenvalue weighted by Crippen LogP contribution is -2.01. The van der Waals surface area contributed by atoms with Crippen LogP contribution in [0, 0.1) is 20.8 Å². The van der Waals surface area contributed by atoms with Crippen LogP contribution >= 0.6 is 0 Å². The molecule has 2 N–H and O–H groups in total. The van der Waals surface area contributed by atoms with E-state index in [0.717, 1.165) is 30.5 Å². The Balaban J connectivity index is 0.000000190. The van der Waals surface area contributed by atoms with Crippen molar-refractivity contribution in [3.63, 3.8) is 0 Å². The summed E-state index contributed by atoms with van der Waals surface area (Å²) in [7, 11) is 2.13. The number of aromatic nitrogens is 2. The molecule has 2 aliphatic carbocycles. The van der Waals surface area contributed by atoms with Crippen LogP contribution in [0.5, 0.6) is 0 Å². The minimum Gasteiger partial charge on any atom is -0.399 e. The summed E-state index contributed by atoms with van der Waals surface area (Å²) in [6.07, 6.45) is 26.6. The second-order valence-corrected chi connectivity index (χ2v) is 15.0. The van der Waals surface area contributed by atoms with Crippen LogP contribution in [0.4, 0.5) is 5.69 Å². The van der Waals surface area contributed by atoms with Gasteiger partial charge in [0.15, 0.2) is 0 Å². The molecule has 0 amide bonds. The van der Waals surface area contributed by atoms with Gasteiger partial charge in [-0.25, -0.2) is 0 Å². The van der Waals surface area contributed by atoms with Gasteiger partial charge in [-0.1, -0.05) is 172 Å². The molecule has 0 saturated heterocycles. The number of hydrogen-bond acceptors (Lipinski definition) is 1. The highest BCUT2D eigenvalue weighted by Gasteiger charge is 2.17. The van der Waals surface area contributed by atoms with Gasteiger partial charge in [0.1, 0.15) is 0 Å². The first-order valence-corrected chi connectivity index (χ1v) is 21.1. The van der Waals surface area contributed by atoms with E-state index in [4.69, 9.17) is 5.73 Å². The molecule has 0 fully saturated rings. The van der Waals surface area contributed by atoms with E-state index >= 15 is 0 Å². The quantitative estimate of drug-likeness (QED) is 0.127. The van der Waals surface area contributed by atoms with Crippen molar-refractivity contribution in [2.45, 2.75) is 53.9 Å². The van der Waals surface area contributed by atoms with Gasteiger partial charge in [-0.2, -0.15) is 0 Å². The molecule has 5 aromatic carbocycles. The highest BCUT2D eigenvalue weighted by molar-refractivity contribution is 5.98. The maximum Gasteiger partial charge on any atom is 0.0537 e. The van der Waals surface area contributed by atoms with Gasteiger partial charge in [-0.05, 0) is 115 Å². The molecule has 9 rings (SSSR count). The van der Waals surface area contributed by atoms with Crippen molar-refractivity contribution in [1.82, 2.24) is 9.13 Å². The van der Waals surface area contributed by atoms with E-state index in [0.29, 0.717) is 0 Å². The molecular weight excluding hydrogens is 727 g/mol. The normalized spacial score (nSPS) is 12.7. The highest BCUT2D eigenvalue weighted by Crippen LogP contribution is 2.35. The molecule has 0 spiro atoms. The Morgan fingerprint density at radius 1 is 0.717 bits per heavy atom. The van der Waals surface area contributed by atoms with Crippen LogP contribution in [0.1, 0.15) is 77.0 Å². The van der Waals surface area contributed by atoms with Crippen molar-refractivity contribution in [2.75, 3.05) is 5.73 Å². The van der Waals surface area contributed by atoms with Crippen molar-refractivity contribution in [2.24, 2.45) is 7.05 Å². The second-order valence-electron chi connectivity index (χ2n) is 15.0. The summed E-state index contributed by atoms with van der Waals surface area (Å²) >= 11 is 0. The zero-order chi connectivity index (χ0) is 42.6. The number of allylic oxidation sites excluding steroid dienone is 7. The molecule has 2 aromatic heterocycles. The third kappa shape index (κ3) is 9.38. The molecule has 0 unspecified atom stereocenters. The lowest BCUT2D eigenvalue weighted by molar-refractivity contribution is 0.948. The highest BCUT2D eigenvalue weighted by atomic mass is 15.0. The number of benzene rings is 5. The molecule has 3 heteroatoms. The summed E-state index contributed by atoms with van der Waals surface area (Å²) in [5.74, 6) is 0. The fraction of sp³-hybridized carbons (Fsp3) is 0.158. The first kappa shape index (κ1) is 42.8. The number of rotatable bonds is 7. The standard InChI is InChI=1S/C32H30N2.C16H14.C7H9N.C2H6/c1-5-7-16-29-23(3)27-20-18-24(22-32(27)33(29)4)19-21-31-26(6-2)28-15-11-12-17-30(28)34(31)25-13-9-8-10-14-25;1-12-8-10-14(11-9-12)16-7-3-5-13-4-2-6-15(13)16;1-6-4-2-3-5-7(6)8;1-2/h5-9,11-13,15-22H,1-2,10,14H2,3-4H3;2-5,7-11H,6H2,1H3;2-5H,8H2,1H3;1-2H3/b16-7-,21-19?;;;. The topological polar surface area (TPSA) is 35.9 Å². The Bertz CT molecular complexity index is 2750. The van der Waals surface area contributed by atoms with Crippen molar-refractivity contribution in [1.29, 1.82) is 0 Å². The van der Waals surface area contributed by atoms with Crippen LogP contribution in [-0.2, 0) is 13.5 Å². The molecule has 60 heavy (non-hydrogen) atoms. The molecule has 0 bridgehead atoms. The van der Waals surface area contributed by atoms with Gasteiger partial charge in [0.25, 0.3) is 0 Å². The van der Waals surface area contributed by atoms with Gasteiger partial charge in [-0.3, -0.25) is 0 Å². The predicted octanol–water partition coefficient (Wildman–Crippen LogP) is 15.5. The van der Waals surface area contributed by atoms with E-state index in [9.17, 15) is 0 Å². The lowest BCUT2D eigenvalue weighted by atomic mass is 9.96. The monoisotopic (exact) mass is 785 g/mol. The Morgan fingerprint density at radius 2 is 1.48 bits per heavy atom. The van der Waals surface area contributed by atoms with E-state index < -0.39 is 0 Å². The van der Waals surface area contributed by atoms with Crippen molar-refractivity contribution in [3.8, 4) is 11.1 Å². The average molecular weight is 786 g/mol. The summed E-state index contributed by atoms with van der Waals surface area (Å²) in [6, 6.07) is 38.5. The zero-order valence-corrected chi connectivity index (χ0v) is 36.3. The van der Waals surface area contributed by atoms with Crippen LogP contribution in [0.3, 0.4) is 0 Å². The van der Waals surface area contributed by atoms with E-state index in [1.54, 1.807) is 0 Å². The lowest BCUT2D eigenvalue weighted by Gasteiger charge is -2.15. The van der Waals surface area contributed by atoms with Gasteiger partial charge in [0.05, 0.1) is 11.2 Å². The number of anilines is 1. The maximum absolute atomic E-state index is 5.52. The molecule has 0 radical (unpaired) electrons. The minimum atomic E-state index is 0.868. The molecule has 0 atom stereocenters. The Labute approximate surface area is 358 Å². The fourth-order valence-electron chi connectivity index (χ4n) is 7.97. The van der Waals surface area contributed by atoms with Crippen LogP contribution in [0.15, 0.2) is 159 Å². The van der Waals surface area contributed by atoms with E-state index in [1.165, 1.54) is 83.4 Å². The summed E-state index contributed by atoms with van der Waals surface area (Å²) in [5.41, 5.74) is 24.2. The largest absolute Gasteiger partial charge is 0.399 e. The molecule has 0 saturated carbocycles. The van der Waals surface area contributed by atoms with Crippen LogP contribution < -0.4 is 5.73 Å². The van der Waals surface area contributed by atoms with Crippen molar-refractivity contribution >= 4 is 63.6 Å². The zero-order valence-electron chi connectivity index (χ0n) is 36.3. The summed E-state index contributed by atoms with van der Waals surface area (Å²) in [4.78, 5) is 0. The number of hydrogen-bond donors (Lipinski definition) is 1. The maximum atomic E-state index is 5.52.